The molecule has 1 N–H and O–H groups in total. The first-order valence-electron chi connectivity index (χ1n) is 7.05. The number of thioether (sulfide) groups is 1. The van der Waals surface area contributed by atoms with Gasteiger partial charge in [-0.1, -0.05) is 57.0 Å². The number of rotatable bonds is 8. The molecule has 1 nitrogen and oxygen atoms in total. The van der Waals surface area contributed by atoms with Gasteiger partial charge in [0.15, 0.2) is 0 Å². The molecule has 0 aromatic heterocycles. The zero-order valence-electron chi connectivity index (χ0n) is 12.2. The first kappa shape index (κ1) is 15.6. The highest BCUT2D eigenvalue weighted by Gasteiger charge is 2.10. The summed E-state index contributed by atoms with van der Waals surface area (Å²) in [6, 6.07) is 9.42. The quantitative estimate of drug-likeness (QED) is 0.746. The van der Waals surface area contributed by atoms with E-state index in [1.54, 1.807) is 0 Å². The van der Waals surface area contributed by atoms with Crippen LogP contribution in [0.2, 0.25) is 0 Å². The highest BCUT2D eigenvalue weighted by Crippen LogP contribution is 2.21. The third kappa shape index (κ3) is 5.45. The van der Waals surface area contributed by atoms with Gasteiger partial charge in [0.05, 0.1) is 0 Å². The van der Waals surface area contributed by atoms with E-state index >= 15 is 0 Å². The fourth-order valence-corrected chi connectivity index (χ4v) is 3.14. The van der Waals surface area contributed by atoms with Crippen LogP contribution < -0.4 is 5.32 Å². The lowest BCUT2D eigenvalue weighted by Crippen LogP contribution is -2.23. The summed E-state index contributed by atoms with van der Waals surface area (Å²) >= 11 is 2.07. The Morgan fingerprint density at radius 3 is 2.33 bits per heavy atom. The van der Waals surface area contributed by atoms with Crippen molar-refractivity contribution in [1.29, 1.82) is 0 Å². The Morgan fingerprint density at radius 1 is 1.11 bits per heavy atom. The molecule has 0 saturated heterocycles. The van der Waals surface area contributed by atoms with Gasteiger partial charge in [0, 0.05) is 11.8 Å². The maximum absolute atomic E-state index is 3.59. The molecule has 0 spiro atoms. The molecule has 0 radical (unpaired) electrons. The fourth-order valence-electron chi connectivity index (χ4n) is 1.82. The third-order valence-electron chi connectivity index (χ3n) is 3.31. The number of hydrogen-bond donors (Lipinski definition) is 1. The lowest BCUT2D eigenvalue weighted by atomic mass is 10.1. The molecule has 102 valence electrons. The molecule has 0 aliphatic heterocycles. The maximum Gasteiger partial charge on any atom is 0.0411 e. The first-order chi connectivity index (χ1) is 8.67. The summed E-state index contributed by atoms with van der Waals surface area (Å²) in [5.41, 5.74) is 2.75. The molecule has 2 heteroatoms. The Morgan fingerprint density at radius 2 is 1.78 bits per heavy atom. The highest BCUT2D eigenvalue weighted by atomic mass is 32.2. The summed E-state index contributed by atoms with van der Waals surface area (Å²) in [6.45, 7) is 9.96. The van der Waals surface area contributed by atoms with Gasteiger partial charge in [0.25, 0.3) is 0 Å². The minimum Gasteiger partial charge on any atom is -0.310 e. The van der Waals surface area contributed by atoms with Crippen LogP contribution in [0.1, 0.15) is 44.4 Å². The summed E-state index contributed by atoms with van der Waals surface area (Å²) in [5, 5.41) is 3.59. The Balaban J connectivity index is 2.51. The van der Waals surface area contributed by atoms with Gasteiger partial charge < -0.3 is 5.32 Å². The monoisotopic (exact) mass is 265 g/mol. The van der Waals surface area contributed by atoms with Gasteiger partial charge >= 0.3 is 0 Å². The van der Waals surface area contributed by atoms with E-state index in [0.717, 1.165) is 12.5 Å². The van der Waals surface area contributed by atoms with Crippen molar-refractivity contribution in [2.45, 2.75) is 40.2 Å². The molecule has 0 fully saturated rings. The van der Waals surface area contributed by atoms with Crippen LogP contribution in [0.5, 0.6) is 0 Å². The van der Waals surface area contributed by atoms with Crippen LogP contribution in [0, 0.1) is 12.8 Å². The number of nitrogens with one attached hydrogen (secondary N) is 1. The molecule has 2 unspecified atom stereocenters. The molecule has 18 heavy (non-hydrogen) atoms. The Hall–Kier alpha value is -0.470. The second-order valence-electron chi connectivity index (χ2n) is 5.07. The van der Waals surface area contributed by atoms with Crippen molar-refractivity contribution in [3.8, 4) is 0 Å². The smallest absolute Gasteiger partial charge is 0.0411 e. The Labute approximate surface area is 117 Å². The molecule has 0 bridgehead atoms. The largest absolute Gasteiger partial charge is 0.310 e. The lowest BCUT2D eigenvalue weighted by molar-refractivity contribution is 0.601. The molecule has 1 aromatic carbocycles. The Kier molecular flexibility index (Phi) is 7.45. The van der Waals surface area contributed by atoms with E-state index in [0.29, 0.717) is 6.04 Å². The van der Waals surface area contributed by atoms with Crippen LogP contribution in [-0.4, -0.2) is 18.1 Å². The van der Waals surface area contributed by atoms with Crippen molar-refractivity contribution >= 4 is 11.8 Å². The van der Waals surface area contributed by atoms with Gasteiger partial charge in [-0.2, -0.15) is 11.8 Å². The van der Waals surface area contributed by atoms with E-state index in [1.807, 2.05) is 0 Å². The van der Waals surface area contributed by atoms with E-state index in [-0.39, 0.29) is 0 Å². The SMILES string of the molecule is CCNC(CSCC(C)CC)c1ccc(C)cc1. The van der Waals surface area contributed by atoms with Crippen molar-refractivity contribution in [3.63, 3.8) is 0 Å². The maximum atomic E-state index is 3.59. The van der Waals surface area contributed by atoms with E-state index in [9.17, 15) is 0 Å². The molecule has 0 saturated carbocycles. The van der Waals surface area contributed by atoms with Crippen LogP contribution in [0.15, 0.2) is 24.3 Å². The average molecular weight is 265 g/mol. The molecule has 2 atom stereocenters. The minimum atomic E-state index is 0.490. The van der Waals surface area contributed by atoms with Crippen molar-refractivity contribution < 1.29 is 0 Å². The molecule has 0 amide bonds. The fraction of sp³-hybridized carbons (Fsp3) is 0.625. The molecular formula is C16H27NS. The molecular weight excluding hydrogens is 238 g/mol. The number of benzene rings is 1. The van der Waals surface area contributed by atoms with Gasteiger partial charge in [0.2, 0.25) is 0 Å². The zero-order valence-corrected chi connectivity index (χ0v) is 13.0. The molecule has 0 heterocycles. The van der Waals surface area contributed by atoms with Crippen molar-refractivity contribution in [2.75, 3.05) is 18.1 Å². The zero-order chi connectivity index (χ0) is 13.4. The molecule has 0 aliphatic rings. The standard InChI is InChI=1S/C16H27NS/c1-5-13(3)11-18-12-16(17-6-2)15-9-7-14(4)8-10-15/h7-10,13,16-17H,5-6,11-12H2,1-4H3. The van der Waals surface area contributed by atoms with Gasteiger partial charge in [-0.25, -0.2) is 0 Å². The molecule has 0 aliphatic carbocycles. The number of hydrogen-bond acceptors (Lipinski definition) is 2. The van der Waals surface area contributed by atoms with E-state index in [1.165, 1.54) is 29.1 Å². The van der Waals surface area contributed by atoms with Crippen LogP contribution in [0.25, 0.3) is 0 Å². The highest BCUT2D eigenvalue weighted by molar-refractivity contribution is 7.99. The average Bonchev–Trinajstić information content (AvgIpc) is 2.38. The Bertz CT molecular complexity index is 320. The summed E-state index contributed by atoms with van der Waals surface area (Å²) in [7, 11) is 0. The summed E-state index contributed by atoms with van der Waals surface area (Å²) in [4.78, 5) is 0. The first-order valence-corrected chi connectivity index (χ1v) is 8.20. The van der Waals surface area contributed by atoms with Crippen LogP contribution in [0.4, 0.5) is 0 Å². The topological polar surface area (TPSA) is 12.0 Å². The predicted octanol–water partition coefficient (Wildman–Crippen LogP) is 4.42. The normalized spacial score (nSPS) is 14.4. The van der Waals surface area contributed by atoms with Gasteiger partial charge in [-0.05, 0) is 30.7 Å². The summed E-state index contributed by atoms with van der Waals surface area (Å²) < 4.78 is 0. The molecule has 1 aromatic rings. The van der Waals surface area contributed by atoms with E-state index < -0.39 is 0 Å². The van der Waals surface area contributed by atoms with Crippen LogP contribution >= 0.6 is 11.8 Å². The second kappa shape index (κ2) is 8.60. The number of aryl methyl sites for hydroxylation is 1. The predicted molar refractivity (Wildman–Crippen MR) is 84.4 cm³/mol. The minimum absolute atomic E-state index is 0.490. The van der Waals surface area contributed by atoms with Crippen LogP contribution in [0.3, 0.4) is 0 Å². The molecule has 1 rings (SSSR count). The summed E-state index contributed by atoms with van der Waals surface area (Å²) in [6.07, 6.45) is 1.28. The van der Waals surface area contributed by atoms with Gasteiger partial charge in [0.1, 0.15) is 0 Å². The van der Waals surface area contributed by atoms with Crippen molar-refractivity contribution in [3.05, 3.63) is 35.4 Å². The van der Waals surface area contributed by atoms with Gasteiger partial charge in [-0.15, -0.1) is 0 Å². The van der Waals surface area contributed by atoms with Crippen LogP contribution in [-0.2, 0) is 0 Å². The third-order valence-corrected chi connectivity index (χ3v) is 4.69. The van der Waals surface area contributed by atoms with Gasteiger partial charge in [-0.3, -0.25) is 0 Å². The lowest BCUT2D eigenvalue weighted by Gasteiger charge is -2.19. The second-order valence-corrected chi connectivity index (χ2v) is 6.15. The summed E-state index contributed by atoms with van der Waals surface area (Å²) in [5.74, 6) is 3.26. The van der Waals surface area contributed by atoms with Crippen molar-refractivity contribution in [1.82, 2.24) is 5.32 Å². The van der Waals surface area contributed by atoms with Crippen molar-refractivity contribution in [2.24, 2.45) is 5.92 Å². The van der Waals surface area contributed by atoms with E-state index in [2.05, 4.69) is 69.0 Å². The van der Waals surface area contributed by atoms with E-state index in [4.69, 9.17) is 0 Å².